The molecule has 0 aliphatic carbocycles. The zero-order valence-electron chi connectivity index (χ0n) is 11.1. The molecule has 0 aliphatic rings. The molecule has 0 bridgehead atoms. The molecule has 21 heavy (non-hydrogen) atoms. The number of aromatic nitrogens is 3. The molecular formula is C16H12N4S. The third kappa shape index (κ3) is 2.08. The number of rotatable bonds is 2. The van der Waals surface area contributed by atoms with Gasteiger partial charge in [0, 0.05) is 23.7 Å². The van der Waals surface area contributed by atoms with Crippen LogP contribution in [0.3, 0.4) is 0 Å². The molecule has 3 aromatic heterocycles. The molecule has 4 rings (SSSR count). The fraction of sp³-hybridized carbons (Fsp3) is 0. The van der Waals surface area contributed by atoms with Crippen LogP contribution in [0.5, 0.6) is 0 Å². The number of nitrogens with zero attached hydrogens (tertiary/aromatic N) is 2. The number of fused-ring (bicyclic) bond motifs is 1. The Kier molecular flexibility index (Phi) is 2.72. The first-order valence-corrected chi connectivity index (χ1v) is 7.38. The van der Waals surface area contributed by atoms with E-state index in [1.54, 1.807) is 17.5 Å². The van der Waals surface area contributed by atoms with Gasteiger partial charge in [0.25, 0.3) is 0 Å². The number of hydrogen-bond acceptors (Lipinski definition) is 4. The third-order valence-corrected chi connectivity index (χ3v) is 4.42. The van der Waals surface area contributed by atoms with Gasteiger partial charge in [-0.3, -0.25) is 0 Å². The number of hydrogen-bond donors (Lipinski definition) is 2. The van der Waals surface area contributed by atoms with Gasteiger partial charge < -0.3 is 10.7 Å². The van der Waals surface area contributed by atoms with Gasteiger partial charge in [0.15, 0.2) is 0 Å². The molecule has 0 fully saturated rings. The van der Waals surface area contributed by atoms with E-state index in [1.807, 2.05) is 42.6 Å². The number of nitrogens with two attached hydrogens (primary N) is 1. The van der Waals surface area contributed by atoms with E-state index >= 15 is 0 Å². The van der Waals surface area contributed by atoms with Gasteiger partial charge in [-0.05, 0) is 30.3 Å². The summed E-state index contributed by atoms with van der Waals surface area (Å²) in [6.07, 6.45) is 3.67. The van der Waals surface area contributed by atoms with Crippen LogP contribution >= 0.6 is 11.3 Å². The number of aromatic amines is 1. The van der Waals surface area contributed by atoms with Gasteiger partial charge in [0.1, 0.15) is 10.8 Å². The van der Waals surface area contributed by atoms with Crippen LogP contribution in [0.1, 0.15) is 0 Å². The predicted molar refractivity (Wildman–Crippen MR) is 87.1 cm³/mol. The van der Waals surface area contributed by atoms with Crippen LogP contribution < -0.4 is 5.73 Å². The van der Waals surface area contributed by atoms with E-state index in [0.717, 1.165) is 32.0 Å². The van der Waals surface area contributed by atoms with Gasteiger partial charge in [-0.1, -0.05) is 12.1 Å². The van der Waals surface area contributed by atoms with Gasteiger partial charge in [0.05, 0.1) is 15.8 Å². The molecule has 0 aliphatic heterocycles. The Labute approximate surface area is 125 Å². The van der Waals surface area contributed by atoms with Crippen molar-refractivity contribution >= 4 is 27.4 Å². The van der Waals surface area contributed by atoms with Crippen LogP contribution in [0.25, 0.3) is 32.0 Å². The first-order valence-electron chi connectivity index (χ1n) is 6.56. The molecule has 1 aromatic carbocycles. The van der Waals surface area contributed by atoms with Crippen LogP contribution in [0, 0.1) is 0 Å². The maximum atomic E-state index is 6.04. The summed E-state index contributed by atoms with van der Waals surface area (Å²) in [5, 5.41) is 0.898. The van der Waals surface area contributed by atoms with Gasteiger partial charge in [-0.15, -0.1) is 11.3 Å². The second-order valence-electron chi connectivity index (χ2n) is 4.73. The molecule has 0 atom stereocenters. The highest BCUT2D eigenvalue weighted by atomic mass is 32.1. The number of benzene rings is 1. The van der Waals surface area contributed by atoms with E-state index in [2.05, 4.69) is 21.0 Å². The Morgan fingerprint density at radius 3 is 2.81 bits per heavy atom. The summed E-state index contributed by atoms with van der Waals surface area (Å²) in [7, 11) is 0. The summed E-state index contributed by atoms with van der Waals surface area (Å²) in [4.78, 5) is 12.1. The van der Waals surface area contributed by atoms with Crippen LogP contribution in [0.4, 0.5) is 5.82 Å². The zero-order valence-corrected chi connectivity index (χ0v) is 11.9. The molecule has 102 valence electrons. The van der Waals surface area contributed by atoms with Crippen molar-refractivity contribution in [2.24, 2.45) is 0 Å². The quantitative estimate of drug-likeness (QED) is 0.588. The van der Waals surface area contributed by atoms with Crippen molar-refractivity contribution in [3.05, 3.63) is 54.9 Å². The highest BCUT2D eigenvalue weighted by molar-refractivity contribution is 7.21. The molecule has 4 nitrogen and oxygen atoms in total. The molecule has 0 spiro atoms. The number of nitrogens with one attached hydrogen (secondary N) is 1. The number of thiazole rings is 1. The summed E-state index contributed by atoms with van der Waals surface area (Å²) in [5.41, 5.74) is 9.93. The van der Waals surface area contributed by atoms with Crippen LogP contribution in [0.15, 0.2) is 54.9 Å². The molecule has 0 saturated carbocycles. The molecule has 0 unspecified atom stereocenters. The fourth-order valence-corrected chi connectivity index (χ4v) is 3.28. The minimum atomic E-state index is 0.504. The van der Waals surface area contributed by atoms with Crippen LogP contribution in [-0.2, 0) is 0 Å². The van der Waals surface area contributed by atoms with E-state index in [1.165, 1.54) is 0 Å². The monoisotopic (exact) mass is 292 g/mol. The van der Waals surface area contributed by atoms with Crippen molar-refractivity contribution in [1.82, 2.24) is 15.0 Å². The average molecular weight is 292 g/mol. The molecule has 0 amide bonds. The number of H-pyrrole nitrogens is 1. The Hall–Kier alpha value is -2.66. The lowest BCUT2D eigenvalue weighted by Gasteiger charge is -2.04. The lowest BCUT2D eigenvalue weighted by molar-refractivity contribution is 1.31. The van der Waals surface area contributed by atoms with E-state index < -0.39 is 0 Å². The van der Waals surface area contributed by atoms with Crippen molar-refractivity contribution < 1.29 is 0 Å². The highest BCUT2D eigenvalue weighted by Crippen LogP contribution is 2.34. The molecule has 5 heteroatoms. The van der Waals surface area contributed by atoms with Crippen LogP contribution in [0.2, 0.25) is 0 Å². The van der Waals surface area contributed by atoms with Gasteiger partial charge >= 0.3 is 0 Å². The third-order valence-electron chi connectivity index (χ3n) is 3.35. The Morgan fingerprint density at radius 2 is 2.00 bits per heavy atom. The lowest BCUT2D eigenvalue weighted by Crippen LogP contribution is -1.94. The van der Waals surface area contributed by atoms with Crippen LogP contribution in [-0.4, -0.2) is 15.0 Å². The van der Waals surface area contributed by atoms with E-state index in [4.69, 9.17) is 5.73 Å². The Balaban J connectivity index is 1.89. The van der Waals surface area contributed by atoms with Crippen molar-refractivity contribution in [3.63, 3.8) is 0 Å². The standard InChI is InChI=1S/C16H12N4S/c17-15-11(8-10(9-19-15)12-5-3-7-18-12)16-20-13-4-1-2-6-14(13)21-16/h1-9,18H,(H2,17,19). The Bertz CT molecular complexity index is 876. The molecule has 0 radical (unpaired) electrons. The minimum Gasteiger partial charge on any atom is -0.383 e. The number of pyridine rings is 1. The van der Waals surface area contributed by atoms with Crippen molar-refractivity contribution in [1.29, 1.82) is 0 Å². The highest BCUT2D eigenvalue weighted by Gasteiger charge is 2.12. The van der Waals surface area contributed by atoms with E-state index in [-0.39, 0.29) is 0 Å². The summed E-state index contributed by atoms with van der Waals surface area (Å²) in [6.45, 7) is 0. The smallest absolute Gasteiger partial charge is 0.133 e. The maximum absolute atomic E-state index is 6.04. The normalized spacial score (nSPS) is 11.0. The largest absolute Gasteiger partial charge is 0.383 e. The molecule has 4 aromatic rings. The minimum absolute atomic E-state index is 0.504. The zero-order chi connectivity index (χ0) is 14.2. The topological polar surface area (TPSA) is 67.6 Å². The van der Waals surface area contributed by atoms with Crippen molar-refractivity contribution in [3.8, 4) is 21.8 Å². The van der Waals surface area contributed by atoms with Gasteiger partial charge in [-0.2, -0.15) is 0 Å². The van der Waals surface area contributed by atoms with Crippen molar-refractivity contribution in [2.75, 3.05) is 5.73 Å². The summed E-state index contributed by atoms with van der Waals surface area (Å²) < 4.78 is 1.15. The summed E-state index contributed by atoms with van der Waals surface area (Å²) in [5.74, 6) is 0.504. The van der Waals surface area contributed by atoms with Crippen molar-refractivity contribution in [2.45, 2.75) is 0 Å². The second kappa shape index (κ2) is 4.71. The molecule has 0 saturated heterocycles. The fourth-order valence-electron chi connectivity index (χ4n) is 2.29. The number of anilines is 1. The first kappa shape index (κ1) is 12.1. The first-order chi connectivity index (χ1) is 10.3. The molecule has 3 heterocycles. The number of nitrogen functional groups attached to an aromatic ring is 1. The summed E-state index contributed by atoms with van der Waals surface area (Å²) in [6, 6.07) is 14.1. The predicted octanol–water partition coefficient (Wildman–Crippen LogP) is 3.94. The van der Waals surface area contributed by atoms with E-state index in [9.17, 15) is 0 Å². The molecule has 3 N–H and O–H groups in total. The number of para-hydroxylation sites is 1. The maximum Gasteiger partial charge on any atom is 0.133 e. The molecular weight excluding hydrogens is 280 g/mol. The second-order valence-corrected chi connectivity index (χ2v) is 5.76. The van der Waals surface area contributed by atoms with Gasteiger partial charge in [-0.25, -0.2) is 9.97 Å². The average Bonchev–Trinajstić information content (AvgIpc) is 3.17. The van der Waals surface area contributed by atoms with Gasteiger partial charge in [0.2, 0.25) is 0 Å². The SMILES string of the molecule is Nc1ncc(-c2ccc[nH]2)cc1-c1nc2ccccc2s1. The lowest BCUT2D eigenvalue weighted by atomic mass is 10.1. The van der Waals surface area contributed by atoms with E-state index in [0.29, 0.717) is 5.82 Å². The Morgan fingerprint density at radius 1 is 1.10 bits per heavy atom. The summed E-state index contributed by atoms with van der Waals surface area (Å²) >= 11 is 1.63.